The summed E-state index contributed by atoms with van der Waals surface area (Å²) in [7, 11) is 1.38. The highest BCUT2D eigenvalue weighted by Gasteiger charge is 2.34. The van der Waals surface area contributed by atoms with E-state index in [1.165, 1.54) is 13.2 Å². The molecule has 0 unspecified atom stereocenters. The Labute approximate surface area is 175 Å². The summed E-state index contributed by atoms with van der Waals surface area (Å²) in [4.78, 5) is 31.0. The minimum atomic E-state index is -0.464. The Hall–Kier alpha value is -2.93. The lowest BCUT2D eigenvalue weighted by Gasteiger charge is -2.39. The second-order valence-corrected chi connectivity index (χ2v) is 7.74. The molecule has 1 amide bonds. The number of benzene rings is 2. The monoisotopic (exact) mass is 411 g/mol. The molecule has 7 heteroatoms. The zero-order chi connectivity index (χ0) is 21.1. The van der Waals surface area contributed by atoms with Crippen molar-refractivity contribution in [3.63, 3.8) is 0 Å². The van der Waals surface area contributed by atoms with Crippen LogP contribution in [0.5, 0.6) is 0 Å². The van der Waals surface area contributed by atoms with Crippen LogP contribution in [0, 0.1) is 5.82 Å². The Morgan fingerprint density at radius 2 is 1.67 bits per heavy atom. The Kier molecular flexibility index (Phi) is 5.99. The van der Waals surface area contributed by atoms with E-state index in [0.29, 0.717) is 44.8 Å². The van der Waals surface area contributed by atoms with E-state index < -0.39 is 6.04 Å². The fourth-order valence-electron chi connectivity index (χ4n) is 4.29. The summed E-state index contributed by atoms with van der Waals surface area (Å²) < 4.78 is 19.0. The van der Waals surface area contributed by atoms with Gasteiger partial charge < -0.3 is 14.5 Å². The van der Waals surface area contributed by atoms with Crippen LogP contribution < -0.4 is 4.90 Å². The van der Waals surface area contributed by atoms with E-state index in [-0.39, 0.29) is 24.2 Å². The number of esters is 1. The first-order valence-electron chi connectivity index (χ1n) is 10.2. The first-order chi connectivity index (χ1) is 14.6. The summed E-state index contributed by atoms with van der Waals surface area (Å²) in [6.45, 7) is 2.91. The lowest BCUT2D eigenvalue weighted by molar-refractivity contribution is -0.149. The molecule has 0 radical (unpaired) electrons. The maximum Gasteiger partial charge on any atom is 0.323 e. The highest BCUT2D eigenvalue weighted by atomic mass is 19.1. The van der Waals surface area contributed by atoms with Crippen LogP contribution in [0.2, 0.25) is 0 Å². The Morgan fingerprint density at radius 1 is 1.00 bits per heavy atom. The molecule has 2 aliphatic rings. The molecule has 30 heavy (non-hydrogen) atoms. The molecule has 2 aromatic rings. The fourth-order valence-corrected chi connectivity index (χ4v) is 4.29. The standard InChI is InChI=1S/C23H26FN3O3/c1-30-23(29)21-14-17-6-2-3-7-18(17)15-27(21)16-22(28)26-12-10-25(11-13-26)20-9-5-4-8-19(20)24/h2-9,21H,10-16H2,1H3/t21-/m0/s1. The maximum atomic E-state index is 14.0. The number of para-hydroxylation sites is 1. The van der Waals surface area contributed by atoms with Gasteiger partial charge in [0.25, 0.3) is 0 Å². The molecule has 6 nitrogen and oxygen atoms in total. The van der Waals surface area contributed by atoms with Crippen LogP contribution in [-0.2, 0) is 27.3 Å². The predicted octanol–water partition coefficient (Wildman–Crippen LogP) is 2.07. The second-order valence-electron chi connectivity index (χ2n) is 7.74. The number of nitrogens with zero attached hydrogens (tertiary/aromatic N) is 3. The zero-order valence-corrected chi connectivity index (χ0v) is 17.1. The van der Waals surface area contributed by atoms with Crippen molar-refractivity contribution in [2.24, 2.45) is 0 Å². The van der Waals surface area contributed by atoms with Crippen LogP contribution in [0.3, 0.4) is 0 Å². The maximum absolute atomic E-state index is 14.0. The molecular weight excluding hydrogens is 385 g/mol. The number of rotatable bonds is 4. The first-order valence-corrected chi connectivity index (χ1v) is 10.2. The Bertz CT molecular complexity index is 927. The molecule has 2 heterocycles. The van der Waals surface area contributed by atoms with E-state index in [4.69, 9.17) is 4.74 Å². The van der Waals surface area contributed by atoms with Gasteiger partial charge in [-0.1, -0.05) is 36.4 Å². The molecule has 0 N–H and O–H groups in total. The number of methoxy groups -OCH3 is 1. The van der Waals surface area contributed by atoms with Gasteiger partial charge in [-0.05, 0) is 29.7 Å². The number of halogens is 1. The Morgan fingerprint density at radius 3 is 2.37 bits per heavy atom. The van der Waals surface area contributed by atoms with Gasteiger partial charge in [-0.2, -0.15) is 0 Å². The van der Waals surface area contributed by atoms with Crippen molar-refractivity contribution in [1.82, 2.24) is 9.80 Å². The minimum Gasteiger partial charge on any atom is -0.468 e. The lowest BCUT2D eigenvalue weighted by Crippen LogP contribution is -2.54. The number of ether oxygens (including phenoxy) is 1. The van der Waals surface area contributed by atoms with Gasteiger partial charge in [-0.25, -0.2) is 4.39 Å². The lowest BCUT2D eigenvalue weighted by atomic mass is 9.94. The SMILES string of the molecule is COC(=O)[C@@H]1Cc2ccccc2CN1CC(=O)N1CCN(c2ccccc2F)CC1. The van der Waals surface area contributed by atoms with E-state index in [1.807, 2.05) is 40.1 Å². The topological polar surface area (TPSA) is 53.1 Å². The molecule has 1 atom stereocenters. The smallest absolute Gasteiger partial charge is 0.323 e. The van der Waals surface area contributed by atoms with Crippen molar-refractivity contribution in [2.75, 3.05) is 44.7 Å². The molecule has 2 aliphatic heterocycles. The van der Waals surface area contributed by atoms with Crippen LogP contribution in [0.25, 0.3) is 0 Å². The number of hydrogen-bond acceptors (Lipinski definition) is 5. The summed E-state index contributed by atoms with van der Waals surface area (Å²) >= 11 is 0. The largest absolute Gasteiger partial charge is 0.468 e. The number of anilines is 1. The average Bonchev–Trinajstić information content (AvgIpc) is 2.78. The van der Waals surface area contributed by atoms with Crippen LogP contribution in [-0.4, -0.2) is 67.6 Å². The van der Waals surface area contributed by atoms with Crippen molar-refractivity contribution < 1.29 is 18.7 Å². The minimum absolute atomic E-state index is 0.0172. The van der Waals surface area contributed by atoms with Gasteiger partial charge in [-0.15, -0.1) is 0 Å². The number of carbonyl (C=O) groups is 2. The average molecular weight is 411 g/mol. The summed E-state index contributed by atoms with van der Waals surface area (Å²) in [5.74, 6) is -0.580. The molecule has 158 valence electrons. The van der Waals surface area contributed by atoms with Gasteiger partial charge in [-0.3, -0.25) is 14.5 Å². The molecule has 1 saturated heterocycles. The number of hydrogen-bond donors (Lipinski definition) is 0. The third-order valence-electron chi connectivity index (χ3n) is 5.98. The van der Waals surface area contributed by atoms with Crippen molar-refractivity contribution in [2.45, 2.75) is 19.0 Å². The van der Waals surface area contributed by atoms with E-state index in [0.717, 1.165) is 11.1 Å². The molecular formula is C23H26FN3O3. The van der Waals surface area contributed by atoms with E-state index in [2.05, 4.69) is 0 Å². The van der Waals surface area contributed by atoms with Gasteiger partial charge in [0.05, 0.1) is 19.3 Å². The molecule has 0 aromatic heterocycles. The molecule has 0 bridgehead atoms. The third-order valence-corrected chi connectivity index (χ3v) is 5.98. The molecule has 2 aromatic carbocycles. The highest BCUT2D eigenvalue weighted by molar-refractivity contribution is 5.81. The molecule has 0 aliphatic carbocycles. The van der Waals surface area contributed by atoms with Crippen LogP contribution in [0.4, 0.5) is 10.1 Å². The first kappa shape index (κ1) is 20.3. The quantitative estimate of drug-likeness (QED) is 0.721. The van der Waals surface area contributed by atoms with Gasteiger partial charge in [0.2, 0.25) is 5.91 Å². The van der Waals surface area contributed by atoms with E-state index in [1.54, 1.807) is 17.0 Å². The number of piperazine rings is 1. The van der Waals surface area contributed by atoms with Crippen LogP contribution >= 0.6 is 0 Å². The second kappa shape index (κ2) is 8.83. The molecule has 4 rings (SSSR count). The fraction of sp³-hybridized carbons (Fsp3) is 0.391. The third kappa shape index (κ3) is 4.16. The predicted molar refractivity (Wildman–Crippen MR) is 112 cm³/mol. The van der Waals surface area contributed by atoms with Gasteiger partial charge in [0, 0.05) is 32.7 Å². The zero-order valence-electron chi connectivity index (χ0n) is 17.1. The van der Waals surface area contributed by atoms with E-state index in [9.17, 15) is 14.0 Å². The Balaban J connectivity index is 1.40. The molecule has 0 saturated carbocycles. The van der Waals surface area contributed by atoms with Crippen molar-refractivity contribution in [1.29, 1.82) is 0 Å². The number of amides is 1. The van der Waals surface area contributed by atoms with Crippen LogP contribution in [0.1, 0.15) is 11.1 Å². The summed E-state index contributed by atoms with van der Waals surface area (Å²) in [5, 5.41) is 0. The van der Waals surface area contributed by atoms with Crippen molar-refractivity contribution in [3.8, 4) is 0 Å². The van der Waals surface area contributed by atoms with Gasteiger partial charge in [0.1, 0.15) is 11.9 Å². The summed E-state index contributed by atoms with van der Waals surface area (Å²) in [6, 6.07) is 14.2. The summed E-state index contributed by atoms with van der Waals surface area (Å²) in [6.07, 6.45) is 0.539. The normalized spacial score (nSPS) is 19.3. The van der Waals surface area contributed by atoms with Crippen molar-refractivity contribution >= 4 is 17.6 Å². The molecule has 0 spiro atoms. The number of carbonyl (C=O) groups excluding carboxylic acids is 2. The highest BCUT2D eigenvalue weighted by Crippen LogP contribution is 2.25. The molecule has 1 fully saturated rings. The number of fused-ring (bicyclic) bond motifs is 1. The van der Waals surface area contributed by atoms with Gasteiger partial charge >= 0.3 is 5.97 Å². The van der Waals surface area contributed by atoms with Crippen molar-refractivity contribution in [3.05, 3.63) is 65.5 Å². The van der Waals surface area contributed by atoms with Crippen LogP contribution in [0.15, 0.2) is 48.5 Å². The van der Waals surface area contributed by atoms with E-state index >= 15 is 0 Å². The summed E-state index contributed by atoms with van der Waals surface area (Å²) in [5.41, 5.74) is 2.83. The van der Waals surface area contributed by atoms with Gasteiger partial charge in [0.15, 0.2) is 0 Å².